The van der Waals surface area contributed by atoms with Gasteiger partial charge in [-0.25, -0.2) is 0 Å². The number of aliphatic hydroxyl groups is 1. The van der Waals surface area contributed by atoms with E-state index < -0.39 is 0 Å². The highest BCUT2D eigenvalue weighted by Crippen LogP contribution is 2.30. The minimum absolute atomic E-state index is 0.0385. The van der Waals surface area contributed by atoms with Crippen LogP contribution < -0.4 is 10.6 Å². The lowest BCUT2D eigenvalue weighted by atomic mass is 9.77. The molecular weight excluding hydrogens is 196 g/mol. The number of aliphatic hydroxyl groups excluding tert-OH is 1. The molecule has 0 radical (unpaired) electrons. The minimum Gasteiger partial charge on any atom is -0.394 e. The summed E-state index contributed by atoms with van der Waals surface area (Å²) in [5.74, 6) is -0.0557. The molecule has 0 aliphatic heterocycles. The molecule has 1 saturated carbocycles. The maximum atomic E-state index is 11.4. The lowest BCUT2D eigenvalue weighted by Crippen LogP contribution is -2.57. The van der Waals surface area contributed by atoms with Gasteiger partial charge in [0.25, 0.3) is 0 Å². The zero-order chi connectivity index (χ0) is 11.1. The van der Waals surface area contributed by atoms with E-state index in [1.165, 1.54) is 0 Å². The van der Waals surface area contributed by atoms with Crippen molar-refractivity contribution in [3.63, 3.8) is 0 Å². The van der Waals surface area contributed by atoms with Crippen LogP contribution in [0.4, 0.5) is 0 Å². The third-order valence-corrected chi connectivity index (χ3v) is 2.79. The molecule has 1 aliphatic carbocycles. The van der Waals surface area contributed by atoms with Crippen molar-refractivity contribution < 1.29 is 14.6 Å². The molecule has 5 heteroatoms. The molecule has 0 spiro atoms. The summed E-state index contributed by atoms with van der Waals surface area (Å²) in [5.41, 5.74) is -0.333. The van der Waals surface area contributed by atoms with E-state index in [-0.39, 0.29) is 24.6 Å². The third-order valence-electron chi connectivity index (χ3n) is 2.79. The van der Waals surface area contributed by atoms with Crippen molar-refractivity contribution >= 4 is 5.91 Å². The molecule has 0 bridgehead atoms. The standard InChI is InChI=1S/C10H20N2O3/c1-15-6-5-11-7-9(14)12-10(8-13)3-2-4-10/h11,13H,2-8H2,1H3,(H,12,14). The fraction of sp³-hybridized carbons (Fsp3) is 0.900. The van der Waals surface area contributed by atoms with Crippen molar-refractivity contribution in [1.82, 2.24) is 10.6 Å². The zero-order valence-electron chi connectivity index (χ0n) is 9.21. The lowest BCUT2D eigenvalue weighted by molar-refractivity contribution is -0.124. The summed E-state index contributed by atoms with van der Waals surface area (Å²) >= 11 is 0. The molecule has 3 N–H and O–H groups in total. The van der Waals surface area contributed by atoms with Crippen molar-refractivity contribution in [1.29, 1.82) is 0 Å². The average Bonchev–Trinajstić information content (AvgIpc) is 2.18. The Morgan fingerprint density at radius 2 is 2.27 bits per heavy atom. The number of hydrogen-bond donors (Lipinski definition) is 3. The molecule has 1 amide bonds. The van der Waals surface area contributed by atoms with E-state index in [2.05, 4.69) is 10.6 Å². The van der Waals surface area contributed by atoms with Crippen LogP contribution in [0.1, 0.15) is 19.3 Å². The maximum Gasteiger partial charge on any atom is 0.234 e. The fourth-order valence-corrected chi connectivity index (χ4v) is 1.64. The van der Waals surface area contributed by atoms with Crippen LogP contribution in [-0.4, -0.2) is 50.0 Å². The van der Waals surface area contributed by atoms with Gasteiger partial charge in [0.2, 0.25) is 5.91 Å². The molecule has 1 aliphatic rings. The first-order valence-electron chi connectivity index (χ1n) is 5.34. The molecule has 0 unspecified atom stereocenters. The average molecular weight is 216 g/mol. The van der Waals surface area contributed by atoms with E-state index in [1.807, 2.05) is 0 Å². The Morgan fingerprint density at radius 1 is 1.53 bits per heavy atom. The Bertz CT molecular complexity index is 199. The number of amides is 1. The monoisotopic (exact) mass is 216 g/mol. The lowest BCUT2D eigenvalue weighted by Gasteiger charge is -2.40. The van der Waals surface area contributed by atoms with Crippen LogP contribution >= 0.6 is 0 Å². The second kappa shape index (κ2) is 6.05. The molecule has 5 nitrogen and oxygen atoms in total. The molecular formula is C10H20N2O3. The zero-order valence-corrected chi connectivity index (χ0v) is 9.21. The highest BCUT2D eigenvalue weighted by Gasteiger charge is 2.37. The van der Waals surface area contributed by atoms with E-state index in [0.717, 1.165) is 19.3 Å². The molecule has 0 aromatic carbocycles. The predicted octanol–water partition coefficient (Wildman–Crippen LogP) is -0.746. The number of hydrogen-bond acceptors (Lipinski definition) is 4. The van der Waals surface area contributed by atoms with Crippen molar-refractivity contribution in [2.24, 2.45) is 0 Å². The molecule has 88 valence electrons. The van der Waals surface area contributed by atoms with Gasteiger partial charge in [-0.05, 0) is 19.3 Å². The Labute approximate surface area is 90.2 Å². The van der Waals surface area contributed by atoms with Gasteiger partial charge < -0.3 is 20.5 Å². The molecule has 15 heavy (non-hydrogen) atoms. The van der Waals surface area contributed by atoms with Gasteiger partial charge in [-0.2, -0.15) is 0 Å². The molecule has 0 aromatic heterocycles. The summed E-state index contributed by atoms with van der Waals surface area (Å²) in [6.45, 7) is 1.58. The van der Waals surface area contributed by atoms with E-state index in [9.17, 15) is 4.79 Å². The molecule has 0 heterocycles. The summed E-state index contributed by atoms with van der Waals surface area (Å²) in [6.07, 6.45) is 2.85. The molecule has 1 fully saturated rings. The molecule has 0 aromatic rings. The van der Waals surface area contributed by atoms with E-state index in [1.54, 1.807) is 7.11 Å². The van der Waals surface area contributed by atoms with Gasteiger partial charge in [0, 0.05) is 13.7 Å². The minimum atomic E-state index is -0.333. The van der Waals surface area contributed by atoms with Gasteiger partial charge in [0.1, 0.15) is 0 Å². The Hall–Kier alpha value is -0.650. The smallest absolute Gasteiger partial charge is 0.234 e. The summed E-state index contributed by atoms with van der Waals surface area (Å²) in [7, 11) is 1.62. The van der Waals surface area contributed by atoms with Crippen LogP contribution in [0.5, 0.6) is 0 Å². The van der Waals surface area contributed by atoms with Gasteiger partial charge in [-0.15, -0.1) is 0 Å². The van der Waals surface area contributed by atoms with Crippen molar-refractivity contribution in [3.05, 3.63) is 0 Å². The first kappa shape index (κ1) is 12.4. The number of ether oxygens (including phenoxy) is 1. The largest absolute Gasteiger partial charge is 0.394 e. The number of methoxy groups -OCH3 is 1. The summed E-state index contributed by atoms with van der Waals surface area (Å²) in [5, 5.41) is 15.0. The molecule has 0 atom stereocenters. The maximum absolute atomic E-state index is 11.4. The van der Waals surface area contributed by atoms with Crippen LogP contribution in [-0.2, 0) is 9.53 Å². The summed E-state index contributed by atoms with van der Waals surface area (Å²) in [4.78, 5) is 11.4. The first-order chi connectivity index (χ1) is 7.22. The third kappa shape index (κ3) is 3.77. The Balaban J connectivity index is 2.12. The predicted molar refractivity (Wildman–Crippen MR) is 56.6 cm³/mol. The van der Waals surface area contributed by atoms with E-state index in [4.69, 9.17) is 9.84 Å². The molecule has 0 saturated heterocycles. The Morgan fingerprint density at radius 3 is 2.73 bits per heavy atom. The van der Waals surface area contributed by atoms with E-state index in [0.29, 0.717) is 13.2 Å². The normalized spacial score (nSPS) is 18.3. The SMILES string of the molecule is COCCNCC(=O)NC1(CO)CCC1. The second-order valence-electron chi connectivity index (χ2n) is 4.01. The number of rotatable bonds is 7. The first-order valence-corrected chi connectivity index (χ1v) is 5.34. The van der Waals surface area contributed by atoms with Gasteiger partial charge in [-0.1, -0.05) is 0 Å². The quantitative estimate of drug-likeness (QED) is 0.490. The highest BCUT2D eigenvalue weighted by atomic mass is 16.5. The van der Waals surface area contributed by atoms with Crippen molar-refractivity contribution in [2.75, 3.05) is 33.4 Å². The van der Waals surface area contributed by atoms with Crippen LogP contribution in [0, 0.1) is 0 Å². The van der Waals surface area contributed by atoms with Crippen LogP contribution in [0.25, 0.3) is 0 Å². The second-order valence-corrected chi connectivity index (χ2v) is 4.01. The van der Waals surface area contributed by atoms with Crippen molar-refractivity contribution in [2.45, 2.75) is 24.8 Å². The summed E-state index contributed by atoms with van der Waals surface area (Å²) < 4.78 is 4.84. The van der Waals surface area contributed by atoms with Crippen LogP contribution in [0.2, 0.25) is 0 Å². The van der Waals surface area contributed by atoms with Gasteiger partial charge >= 0.3 is 0 Å². The van der Waals surface area contributed by atoms with Crippen LogP contribution in [0.15, 0.2) is 0 Å². The number of carbonyl (C=O) groups is 1. The highest BCUT2D eigenvalue weighted by molar-refractivity contribution is 5.79. The fourth-order valence-electron chi connectivity index (χ4n) is 1.64. The van der Waals surface area contributed by atoms with Gasteiger partial charge in [0.05, 0.1) is 25.3 Å². The van der Waals surface area contributed by atoms with Crippen LogP contribution in [0.3, 0.4) is 0 Å². The van der Waals surface area contributed by atoms with Gasteiger partial charge in [0.15, 0.2) is 0 Å². The molecule has 1 rings (SSSR count). The summed E-state index contributed by atoms with van der Waals surface area (Å²) in [6, 6.07) is 0. The number of nitrogens with one attached hydrogen (secondary N) is 2. The van der Waals surface area contributed by atoms with E-state index >= 15 is 0 Å². The number of carbonyl (C=O) groups excluding carboxylic acids is 1. The topological polar surface area (TPSA) is 70.6 Å². The van der Waals surface area contributed by atoms with Gasteiger partial charge in [-0.3, -0.25) is 4.79 Å². The Kier molecular flexibility index (Phi) is 5.01. The van der Waals surface area contributed by atoms with Crippen molar-refractivity contribution in [3.8, 4) is 0 Å².